The second-order valence-electron chi connectivity index (χ2n) is 4.37. The van der Waals surface area contributed by atoms with Crippen LogP contribution >= 0.6 is 22.9 Å². The van der Waals surface area contributed by atoms with E-state index in [1.807, 2.05) is 12.4 Å². The number of halogens is 1. The van der Waals surface area contributed by atoms with E-state index in [-0.39, 0.29) is 5.41 Å². The quantitative estimate of drug-likeness (QED) is 0.758. The molecule has 4 heteroatoms. The predicted octanol–water partition coefficient (Wildman–Crippen LogP) is 3.28. The highest BCUT2D eigenvalue weighted by Gasteiger charge is 2.15. The third-order valence-electron chi connectivity index (χ3n) is 1.50. The highest BCUT2D eigenvalue weighted by molar-refractivity contribution is 7.14. The molecule has 1 heterocycles. The standard InChI is InChI=1S/C9H15ClN2S/c1-9(2,3)6-12(4)8-11-7(10)5-13-8/h5H,6H2,1-4H3. The van der Waals surface area contributed by atoms with E-state index in [1.54, 1.807) is 11.3 Å². The summed E-state index contributed by atoms with van der Waals surface area (Å²) in [6.45, 7) is 7.60. The van der Waals surface area contributed by atoms with Gasteiger partial charge in [-0.05, 0) is 5.41 Å². The van der Waals surface area contributed by atoms with Gasteiger partial charge in [-0.1, -0.05) is 32.4 Å². The summed E-state index contributed by atoms with van der Waals surface area (Å²) < 4.78 is 0. The average molecular weight is 219 g/mol. The minimum atomic E-state index is 0.285. The summed E-state index contributed by atoms with van der Waals surface area (Å²) in [6.07, 6.45) is 0. The van der Waals surface area contributed by atoms with Crippen molar-refractivity contribution >= 4 is 28.1 Å². The van der Waals surface area contributed by atoms with Gasteiger partial charge in [0.15, 0.2) is 5.13 Å². The molecule has 0 amide bonds. The maximum atomic E-state index is 5.75. The van der Waals surface area contributed by atoms with Crippen LogP contribution in [0.3, 0.4) is 0 Å². The molecule has 0 aromatic carbocycles. The SMILES string of the molecule is CN(CC(C)(C)C)c1nc(Cl)cs1. The zero-order valence-electron chi connectivity index (χ0n) is 8.47. The first kappa shape index (κ1) is 10.8. The lowest BCUT2D eigenvalue weighted by Crippen LogP contribution is -2.28. The van der Waals surface area contributed by atoms with E-state index in [9.17, 15) is 0 Å². The highest BCUT2D eigenvalue weighted by atomic mass is 35.5. The lowest BCUT2D eigenvalue weighted by atomic mass is 9.96. The number of hydrogen-bond donors (Lipinski definition) is 0. The van der Waals surface area contributed by atoms with Crippen LogP contribution in [0.2, 0.25) is 5.15 Å². The molecule has 0 aliphatic rings. The Morgan fingerprint density at radius 3 is 2.54 bits per heavy atom. The van der Waals surface area contributed by atoms with Crippen molar-refractivity contribution in [2.45, 2.75) is 20.8 Å². The minimum absolute atomic E-state index is 0.285. The van der Waals surface area contributed by atoms with E-state index in [0.717, 1.165) is 11.7 Å². The van der Waals surface area contributed by atoms with E-state index in [4.69, 9.17) is 11.6 Å². The Balaban J connectivity index is 2.64. The van der Waals surface area contributed by atoms with Gasteiger partial charge in [-0.25, -0.2) is 4.98 Å². The molecule has 0 N–H and O–H groups in total. The third-order valence-corrected chi connectivity index (χ3v) is 2.78. The summed E-state index contributed by atoms with van der Waals surface area (Å²) in [5.74, 6) is 0. The number of thiazole rings is 1. The van der Waals surface area contributed by atoms with Gasteiger partial charge in [0.25, 0.3) is 0 Å². The van der Waals surface area contributed by atoms with E-state index < -0.39 is 0 Å². The zero-order valence-corrected chi connectivity index (χ0v) is 10.0. The van der Waals surface area contributed by atoms with Crippen molar-refractivity contribution < 1.29 is 0 Å². The van der Waals surface area contributed by atoms with Gasteiger partial charge in [0.05, 0.1) is 0 Å². The van der Waals surface area contributed by atoms with Crippen LogP contribution in [0.5, 0.6) is 0 Å². The van der Waals surface area contributed by atoms with Crippen LogP contribution in [0.1, 0.15) is 20.8 Å². The van der Waals surface area contributed by atoms with Crippen molar-refractivity contribution in [3.05, 3.63) is 10.5 Å². The molecule has 1 aromatic rings. The Hall–Kier alpha value is -0.280. The first-order valence-corrected chi connectivity index (χ1v) is 5.46. The Morgan fingerprint density at radius 1 is 1.54 bits per heavy atom. The van der Waals surface area contributed by atoms with Crippen molar-refractivity contribution in [2.24, 2.45) is 5.41 Å². The molecule has 0 fully saturated rings. The van der Waals surface area contributed by atoms with Crippen molar-refractivity contribution in [1.29, 1.82) is 0 Å². The van der Waals surface area contributed by atoms with Gasteiger partial charge in [0.2, 0.25) is 0 Å². The smallest absolute Gasteiger partial charge is 0.186 e. The fraction of sp³-hybridized carbons (Fsp3) is 0.667. The molecule has 74 valence electrons. The van der Waals surface area contributed by atoms with Crippen LogP contribution in [0, 0.1) is 5.41 Å². The van der Waals surface area contributed by atoms with Crippen molar-refractivity contribution in [3.8, 4) is 0 Å². The van der Waals surface area contributed by atoms with Gasteiger partial charge in [0, 0.05) is 19.0 Å². The molecule has 0 unspecified atom stereocenters. The second-order valence-corrected chi connectivity index (χ2v) is 5.59. The normalized spacial score (nSPS) is 11.8. The largest absolute Gasteiger partial charge is 0.351 e. The Morgan fingerprint density at radius 2 is 2.15 bits per heavy atom. The fourth-order valence-electron chi connectivity index (χ4n) is 1.20. The minimum Gasteiger partial charge on any atom is -0.351 e. The summed E-state index contributed by atoms with van der Waals surface area (Å²) in [4.78, 5) is 6.34. The van der Waals surface area contributed by atoms with Crippen LogP contribution < -0.4 is 4.90 Å². The Labute approximate surface area is 88.5 Å². The maximum absolute atomic E-state index is 5.75. The zero-order chi connectivity index (χ0) is 10.1. The molecule has 0 saturated carbocycles. The predicted molar refractivity (Wildman–Crippen MR) is 59.8 cm³/mol. The molecule has 0 atom stereocenters. The number of hydrogen-bond acceptors (Lipinski definition) is 3. The maximum Gasteiger partial charge on any atom is 0.186 e. The summed E-state index contributed by atoms with van der Waals surface area (Å²) in [5.41, 5.74) is 0.285. The van der Waals surface area contributed by atoms with Crippen LogP contribution in [-0.2, 0) is 0 Å². The first-order valence-electron chi connectivity index (χ1n) is 4.21. The van der Waals surface area contributed by atoms with Crippen molar-refractivity contribution in [1.82, 2.24) is 4.98 Å². The summed E-state index contributed by atoms with van der Waals surface area (Å²) in [5, 5.41) is 3.43. The molecule has 2 nitrogen and oxygen atoms in total. The summed E-state index contributed by atoms with van der Waals surface area (Å²) >= 11 is 7.33. The lowest BCUT2D eigenvalue weighted by Gasteiger charge is -2.25. The van der Waals surface area contributed by atoms with E-state index in [1.165, 1.54) is 0 Å². The molecule has 0 aliphatic carbocycles. The summed E-state index contributed by atoms with van der Waals surface area (Å²) in [6, 6.07) is 0. The van der Waals surface area contributed by atoms with Gasteiger partial charge >= 0.3 is 0 Å². The number of aromatic nitrogens is 1. The van der Waals surface area contributed by atoms with Gasteiger partial charge in [0.1, 0.15) is 5.15 Å². The second kappa shape index (κ2) is 3.84. The van der Waals surface area contributed by atoms with Gasteiger partial charge < -0.3 is 4.90 Å². The lowest BCUT2D eigenvalue weighted by molar-refractivity contribution is 0.419. The molecule has 0 saturated heterocycles. The molecule has 1 aromatic heterocycles. The van der Waals surface area contributed by atoms with Crippen LogP contribution in [0.4, 0.5) is 5.13 Å². The fourth-order valence-corrected chi connectivity index (χ4v) is 2.11. The molecule has 1 rings (SSSR count). The molecular formula is C9H15ClN2S. The van der Waals surface area contributed by atoms with Crippen molar-refractivity contribution in [3.63, 3.8) is 0 Å². The molecule has 0 aliphatic heterocycles. The average Bonchev–Trinajstić information content (AvgIpc) is 2.31. The molecular weight excluding hydrogens is 204 g/mol. The number of rotatable bonds is 2. The van der Waals surface area contributed by atoms with E-state index in [0.29, 0.717) is 5.15 Å². The van der Waals surface area contributed by atoms with Crippen LogP contribution in [0.15, 0.2) is 5.38 Å². The monoisotopic (exact) mass is 218 g/mol. The van der Waals surface area contributed by atoms with Crippen molar-refractivity contribution in [2.75, 3.05) is 18.5 Å². The highest BCUT2D eigenvalue weighted by Crippen LogP contribution is 2.25. The van der Waals surface area contributed by atoms with E-state index in [2.05, 4.69) is 30.7 Å². The number of nitrogens with zero attached hydrogens (tertiary/aromatic N) is 2. The summed E-state index contributed by atoms with van der Waals surface area (Å²) in [7, 11) is 2.04. The van der Waals surface area contributed by atoms with Gasteiger partial charge in [-0.15, -0.1) is 11.3 Å². The molecule has 0 spiro atoms. The molecule has 13 heavy (non-hydrogen) atoms. The van der Waals surface area contributed by atoms with Crippen LogP contribution in [0.25, 0.3) is 0 Å². The molecule has 0 radical (unpaired) electrons. The van der Waals surface area contributed by atoms with Gasteiger partial charge in [-0.2, -0.15) is 0 Å². The Bertz CT molecular complexity index is 277. The van der Waals surface area contributed by atoms with Crippen LogP contribution in [-0.4, -0.2) is 18.6 Å². The van der Waals surface area contributed by atoms with Gasteiger partial charge in [-0.3, -0.25) is 0 Å². The third kappa shape index (κ3) is 3.53. The molecule has 0 bridgehead atoms. The topological polar surface area (TPSA) is 16.1 Å². The number of anilines is 1. The first-order chi connectivity index (χ1) is 5.88. The van der Waals surface area contributed by atoms with E-state index >= 15 is 0 Å². The Kier molecular flexibility index (Phi) is 3.19.